The highest BCUT2D eigenvalue weighted by atomic mass is 16.6. The van der Waals surface area contributed by atoms with E-state index in [9.17, 15) is 9.59 Å². The Kier molecular flexibility index (Phi) is 6.09. The van der Waals surface area contributed by atoms with E-state index in [4.69, 9.17) is 9.47 Å². The molecule has 0 aliphatic heterocycles. The summed E-state index contributed by atoms with van der Waals surface area (Å²) in [7, 11) is 0. The molecule has 0 saturated carbocycles. The van der Waals surface area contributed by atoms with Crippen molar-refractivity contribution < 1.29 is 19.1 Å². The molecule has 0 aliphatic carbocycles. The Balaban J connectivity index is 3.64. The third-order valence-electron chi connectivity index (χ3n) is 1.61. The third kappa shape index (κ3) is 5.67. The van der Waals surface area contributed by atoms with Gasteiger partial charge in [0.05, 0.1) is 0 Å². The maximum atomic E-state index is 11.1. The highest BCUT2D eigenvalue weighted by molar-refractivity contribution is 5.88. The first-order valence-corrected chi connectivity index (χ1v) is 4.66. The molecule has 0 rings (SSSR count). The second-order valence-electron chi connectivity index (χ2n) is 3.01. The van der Waals surface area contributed by atoms with Crippen molar-refractivity contribution in [2.75, 3.05) is 13.2 Å². The van der Waals surface area contributed by atoms with E-state index in [-0.39, 0.29) is 13.2 Å². The van der Waals surface area contributed by atoms with Gasteiger partial charge in [0.25, 0.3) is 0 Å². The van der Waals surface area contributed by atoms with Gasteiger partial charge < -0.3 is 9.47 Å². The van der Waals surface area contributed by atoms with Gasteiger partial charge in [-0.15, -0.1) is 0 Å². The first-order valence-electron chi connectivity index (χ1n) is 4.66. The van der Waals surface area contributed by atoms with E-state index >= 15 is 0 Å². The fourth-order valence-corrected chi connectivity index (χ4v) is 0.638. The van der Waals surface area contributed by atoms with Crippen LogP contribution in [0.1, 0.15) is 20.3 Å². The standard InChI is InChI=1S/C11H16O4/c1-5-9(4)11(13)15-7-6-14-10(12)8(2)3/h2,4-7H2,1,3H3. The van der Waals surface area contributed by atoms with Crippen LogP contribution in [-0.4, -0.2) is 25.2 Å². The van der Waals surface area contributed by atoms with Crippen LogP contribution in [-0.2, 0) is 19.1 Å². The molecule has 0 aliphatic rings. The van der Waals surface area contributed by atoms with Gasteiger partial charge in [0.1, 0.15) is 13.2 Å². The van der Waals surface area contributed by atoms with Crippen molar-refractivity contribution in [1.82, 2.24) is 0 Å². The Morgan fingerprint density at radius 2 is 1.53 bits per heavy atom. The molecule has 0 unspecified atom stereocenters. The van der Waals surface area contributed by atoms with Crippen LogP contribution >= 0.6 is 0 Å². The zero-order valence-electron chi connectivity index (χ0n) is 9.17. The quantitative estimate of drug-likeness (QED) is 0.381. The number of esters is 2. The summed E-state index contributed by atoms with van der Waals surface area (Å²) >= 11 is 0. The minimum atomic E-state index is -0.486. The molecule has 84 valence electrons. The summed E-state index contributed by atoms with van der Waals surface area (Å²) < 4.78 is 9.50. The lowest BCUT2D eigenvalue weighted by atomic mass is 10.2. The number of ether oxygens (including phenoxy) is 2. The summed E-state index contributed by atoms with van der Waals surface area (Å²) in [5.74, 6) is -0.941. The Labute approximate surface area is 89.6 Å². The number of carbonyl (C=O) groups is 2. The molecule has 0 aromatic heterocycles. The Bertz CT molecular complexity index is 278. The molecule has 4 nitrogen and oxygen atoms in total. The van der Waals surface area contributed by atoms with E-state index in [0.717, 1.165) is 0 Å². The monoisotopic (exact) mass is 212 g/mol. The predicted molar refractivity (Wildman–Crippen MR) is 56.2 cm³/mol. The number of carbonyl (C=O) groups excluding carboxylic acids is 2. The van der Waals surface area contributed by atoms with Gasteiger partial charge in [-0.1, -0.05) is 20.1 Å². The van der Waals surface area contributed by atoms with Crippen LogP contribution in [0.2, 0.25) is 0 Å². The molecular formula is C11H16O4. The van der Waals surface area contributed by atoms with Crippen LogP contribution in [0.3, 0.4) is 0 Å². The van der Waals surface area contributed by atoms with E-state index < -0.39 is 11.9 Å². The van der Waals surface area contributed by atoms with Crippen LogP contribution in [0.4, 0.5) is 0 Å². The molecule has 0 radical (unpaired) electrons. The molecule has 0 saturated heterocycles. The van der Waals surface area contributed by atoms with Crippen molar-refractivity contribution in [3.8, 4) is 0 Å². The highest BCUT2D eigenvalue weighted by Gasteiger charge is 2.07. The topological polar surface area (TPSA) is 52.6 Å². The van der Waals surface area contributed by atoms with Crippen molar-refractivity contribution in [3.05, 3.63) is 24.3 Å². The first kappa shape index (κ1) is 13.4. The van der Waals surface area contributed by atoms with Crippen LogP contribution < -0.4 is 0 Å². The minimum Gasteiger partial charge on any atom is -0.459 e. The second-order valence-corrected chi connectivity index (χ2v) is 3.01. The van der Waals surface area contributed by atoms with Crippen molar-refractivity contribution in [1.29, 1.82) is 0 Å². The molecule has 0 heterocycles. The molecule has 0 amide bonds. The van der Waals surface area contributed by atoms with E-state index in [1.165, 1.54) is 0 Å². The van der Waals surface area contributed by atoms with E-state index in [1.54, 1.807) is 6.92 Å². The van der Waals surface area contributed by atoms with Gasteiger partial charge in [-0.3, -0.25) is 0 Å². The van der Waals surface area contributed by atoms with Gasteiger partial charge in [-0.05, 0) is 13.3 Å². The van der Waals surface area contributed by atoms with Crippen molar-refractivity contribution in [3.63, 3.8) is 0 Å². The Morgan fingerprint density at radius 1 is 1.07 bits per heavy atom. The summed E-state index contributed by atoms with van der Waals surface area (Å²) in [4.78, 5) is 22.0. The van der Waals surface area contributed by atoms with Crippen molar-refractivity contribution in [2.24, 2.45) is 0 Å². The van der Waals surface area contributed by atoms with Crippen LogP contribution in [0.5, 0.6) is 0 Å². The fourth-order valence-electron chi connectivity index (χ4n) is 0.638. The normalized spacial score (nSPS) is 9.20. The molecule has 0 aromatic rings. The second kappa shape index (κ2) is 6.81. The summed E-state index contributed by atoms with van der Waals surface area (Å²) in [6, 6.07) is 0. The van der Waals surface area contributed by atoms with Gasteiger partial charge in [-0.2, -0.15) is 0 Å². The summed E-state index contributed by atoms with van der Waals surface area (Å²) in [6.07, 6.45) is 0.546. The molecule has 0 fully saturated rings. The number of rotatable bonds is 6. The Hall–Kier alpha value is -1.58. The molecular weight excluding hydrogens is 196 g/mol. The van der Waals surface area contributed by atoms with Crippen LogP contribution in [0.25, 0.3) is 0 Å². The lowest BCUT2D eigenvalue weighted by Gasteiger charge is -2.06. The minimum absolute atomic E-state index is 0.0361. The van der Waals surface area contributed by atoms with Gasteiger partial charge in [0, 0.05) is 11.1 Å². The van der Waals surface area contributed by atoms with Gasteiger partial charge >= 0.3 is 11.9 Å². The maximum Gasteiger partial charge on any atom is 0.333 e. The van der Waals surface area contributed by atoms with Crippen molar-refractivity contribution >= 4 is 11.9 Å². The summed E-state index contributed by atoms with van der Waals surface area (Å²) in [5, 5.41) is 0. The average molecular weight is 212 g/mol. The number of hydrogen-bond acceptors (Lipinski definition) is 4. The van der Waals surface area contributed by atoms with Crippen molar-refractivity contribution in [2.45, 2.75) is 20.3 Å². The maximum absolute atomic E-state index is 11.1. The fraction of sp³-hybridized carbons (Fsp3) is 0.455. The largest absolute Gasteiger partial charge is 0.459 e. The lowest BCUT2D eigenvalue weighted by Crippen LogP contribution is -2.14. The Morgan fingerprint density at radius 3 is 1.93 bits per heavy atom. The zero-order valence-corrected chi connectivity index (χ0v) is 9.17. The summed E-state index contributed by atoms with van der Waals surface area (Å²) in [6.45, 7) is 10.4. The third-order valence-corrected chi connectivity index (χ3v) is 1.61. The molecule has 0 N–H and O–H groups in total. The van der Waals surface area contributed by atoms with E-state index in [2.05, 4.69) is 13.2 Å². The van der Waals surface area contributed by atoms with Gasteiger partial charge in [0.15, 0.2) is 0 Å². The molecule has 0 bridgehead atoms. The van der Waals surface area contributed by atoms with Gasteiger partial charge in [-0.25, -0.2) is 9.59 Å². The first-order chi connectivity index (χ1) is 6.99. The van der Waals surface area contributed by atoms with Gasteiger partial charge in [0.2, 0.25) is 0 Å². The molecule has 0 spiro atoms. The average Bonchev–Trinajstić information content (AvgIpc) is 2.22. The van der Waals surface area contributed by atoms with Crippen LogP contribution in [0, 0.1) is 0 Å². The van der Waals surface area contributed by atoms with Crippen LogP contribution in [0.15, 0.2) is 24.3 Å². The predicted octanol–water partition coefficient (Wildman–Crippen LogP) is 1.62. The zero-order chi connectivity index (χ0) is 11.8. The molecule has 15 heavy (non-hydrogen) atoms. The van der Waals surface area contributed by atoms with E-state index in [0.29, 0.717) is 17.6 Å². The molecule has 0 atom stereocenters. The van der Waals surface area contributed by atoms with E-state index in [1.807, 2.05) is 6.92 Å². The SMILES string of the molecule is C=C(C)C(=O)OCCOC(=O)C(=C)CC. The molecule has 4 heteroatoms. The lowest BCUT2D eigenvalue weighted by molar-refractivity contribution is -0.147. The number of hydrogen-bond donors (Lipinski definition) is 0. The smallest absolute Gasteiger partial charge is 0.333 e. The molecule has 0 aromatic carbocycles. The highest BCUT2D eigenvalue weighted by Crippen LogP contribution is 1.99. The summed E-state index contributed by atoms with van der Waals surface area (Å²) in [5.41, 5.74) is 0.723.